The fraction of sp³-hybridized carbons (Fsp3) is 0.538. The molecule has 8 heteroatoms. The molecule has 8 nitrogen and oxygen atoms in total. The van der Waals surface area contributed by atoms with Gasteiger partial charge in [-0.05, 0) is 20.8 Å². The molecule has 0 aromatic carbocycles. The van der Waals surface area contributed by atoms with Crippen molar-refractivity contribution >= 4 is 17.4 Å². The van der Waals surface area contributed by atoms with Gasteiger partial charge in [-0.1, -0.05) is 0 Å². The maximum absolute atomic E-state index is 12.2. The second-order valence-electron chi connectivity index (χ2n) is 5.02. The molecule has 0 atom stereocenters. The minimum Gasteiger partial charge on any atom is -0.377 e. The molecule has 1 amide bonds. The van der Waals surface area contributed by atoms with Crippen LogP contribution in [0.2, 0.25) is 0 Å². The van der Waals surface area contributed by atoms with Gasteiger partial charge in [0.05, 0.1) is 10.5 Å². The summed E-state index contributed by atoms with van der Waals surface area (Å²) in [5.74, 6) is -0.118. The summed E-state index contributed by atoms with van der Waals surface area (Å²) in [5.41, 5.74) is -0.913. The van der Waals surface area contributed by atoms with E-state index in [-0.39, 0.29) is 17.8 Å². The number of nitrogens with zero attached hydrogens (tertiary/aromatic N) is 2. The normalized spacial score (nSPS) is 11.0. The second-order valence-corrected chi connectivity index (χ2v) is 5.02. The molecule has 1 aromatic heterocycles. The fourth-order valence-electron chi connectivity index (χ4n) is 1.51. The summed E-state index contributed by atoms with van der Waals surface area (Å²) in [6.07, 6.45) is 1.08. The highest BCUT2D eigenvalue weighted by Crippen LogP contribution is 2.20. The number of carbonyl (C=O) groups excluding carboxylic acids is 1. The van der Waals surface area contributed by atoms with Crippen molar-refractivity contribution in [1.82, 2.24) is 10.3 Å². The van der Waals surface area contributed by atoms with E-state index in [9.17, 15) is 14.9 Å². The van der Waals surface area contributed by atoms with Crippen LogP contribution in [0.25, 0.3) is 0 Å². The fourth-order valence-corrected chi connectivity index (χ4v) is 1.51. The molecular weight excluding hydrogens is 276 g/mol. The quantitative estimate of drug-likeness (QED) is 0.584. The Morgan fingerprint density at radius 1 is 1.52 bits per heavy atom. The second kappa shape index (κ2) is 6.98. The summed E-state index contributed by atoms with van der Waals surface area (Å²) >= 11 is 0. The molecule has 2 N–H and O–H groups in total. The van der Waals surface area contributed by atoms with Gasteiger partial charge in [0.1, 0.15) is 17.6 Å². The zero-order chi connectivity index (χ0) is 16.0. The molecule has 0 fully saturated rings. The molecule has 0 spiro atoms. The largest absolute Gasteiger partial charge is 0.377 e. The molecule has 0 aliphatic heterocycles. The van der Waals surface area contributed by atoms with Gasteiger partial charge < -0.3 is 15.4 Å². The van der Waals surface area contributed by atoms with Crippen molar-refractivity contribution in [3.8, 4) is 0 Å². The Hall–Kier alpha value is -2.22. The number of hydrogen-bond acceptors (Lipinski definition) is 6. The lowest BCUT2D eigenvalue weighted by atomic mass is 10.1. The number of nitro groups is 1. The Morgan fingerprint density at radius 2 is 2.19 bits per heavy atom. The van der Waals surface area contributed by atoms with E-state index >= 15 is 0 Å². The van der Waals surface area contributed by atoms with Crippen molar-refractivity contribution in [1.29, 1.82) is 0 Å². The third-order valence-corrected chi connectivity index (χ3v) is 2.91. The van der Waals surface area contributed by atoms with Crippen LogP contribution in [0.4, 0.5) is 11.5 Å². The first-order valence-electron chi connectivity index (χ1n) is 6.52. The van der Waals surface area contributed by atoms with Crippen LogP contribution in [0.1, 0.15) is 31.1 Å². The zero-order valence-electron chi connectivity index (χ0n) is 12.6. The maximum Gasteiger partial charge on any atom is 0.300 e. The Morgan fingerprint density at radius 3 is 2.71 bits per heavy atom. The van der Waals surface area contributed by atoms with Gasteiger partial charge in [-0.25, -0.2) is 4.98 Å². The van der Waals surface area contributed by atoms with Gasteiger partial charge in [-0.3, -0.25) is 14.9 Å². The maximum atomic E-state index is 12.2. The molecule has 0 aliphatic rings. The van der Waals surface area contributed by atoms with E-state index in [1.54, 1.807) is 13.8 Å². The molecule has 0 unspecified atom stereocenters. The van der Waals surface area contributed by atoms with Crippen LogP contribution < -0.4 is 10.6 Å². The molecule has 0 radical (unpaired) electrons. The molecule has 21 heavy (non-hydrogen) atoms. The molecule has 0 saturated carbocycles. The van der Waals surface area contributed by atoms with E-state index in [0.717, 1.165) is 6.20 Å². The molecule has 1 aromatic rings. The van der Waals surface area contributed by atoms with Crippen LogP contribution in [0, 0.1) is 10.1 Å². The Balaban J connectivity index is 2.99. The standard InChI is InChI=1S/C13H20N4O4/c1-5-14-11-6-9(10(7-15-11)17(19)20)12(18)16-8-13(2,3)21-4/h6-7H,5,8H2,1-4H3,(H,14,15)(H,16,18). The van der Waals surface area contributed by atoms with E-state index in [1.165, 1.54) is 13.2 Å². The van der Waals surface area contributed by atoms with E-state index < -0.39 is 16.4 Å². The summed E-state index contributed by atoms with van der Waals surface area (Å²) in [5, 5.41) is 16.5. The number of ether oxygens (including phenoxy) is 1. The third kappa shape index (κ3) is 4.67. The van der Waals surface area contributed by atoms with E-state index in [2.05, 4.69) is 15.6 Å². The number of hydrogen-bond donors (Lipinski definition) is 2. The van der Waals surface area contributed by atoms with Gasteiger partial charge in [0.2, 0.25) is 0 Å². The number of carbonyl (C=O) groups is 1. The molecule has 0 aliphatic carbocycles. The van der Waals surface area contributed by atoms with Crippen molar-refractivity contribution < 1.29 is 14.5 Å². The van der Waals surface area contributed by atoms with E-state index in [0.29, 0.717) is 12.4 Å². The molecule has 0 bridgehead atoms. The lowest BCUT2D eigenvalue weighted by Crippen LogP contribution is -2.39. The SMILES string of the molecule is CCNc1cc(C(=O)NCC(C)(C)OC)c([N+](=O)[O-])cn1. The van der Waals surface area contributed by atoms with Crippen molar-refractivity contribution in [3.63, 3.8) is 0 Å². The Labute approximate surface area is 123 Å². The number of methoxy groups -OCH3 is 1. The summed E-state index contributed by atoms with van der Waals surface area (Å²) in [6.45, 7) is 6.31. The Bertz CT molecular complexity index is 531. The smallest absolute Gasteiger partial charge is 0.300 e. The van der Waals surface area contributed by atoms with Crippen molar-refractivity contribution in [2.75, 3.05) is 25.5 Å². The summed E-state index contributed by atoms with van der Waals surface area (Å²) in [4.78, 5) is 26.4. The number of nitrogens with one attached hydrogen (secondary N) is 2. The van der Waals surface area contributed by atoms with Crippen molar-refractivity contribution in [3.05, 3.63) is 27.9 Å². The van der Waals surface area contributed by atoms with Gasteiger partial charge in [-0.15, -0.1) is 0 Å². The van der Waals surface area contributed by atoms with Gasteiger partial charge in [0.15, 0.2) is 0 Å². The van der Waals surface area contributed by atoms with Gasteiger partial charge in [0, 0.05) is 26.3 Å². The molecule has 1 rings (SSSR count). The van der Waals surface area contributed by atoms with Gasteiger partial charge >= 0.3 is 0 Å². The van der Waals surface area contributed by atoms with Crippen LogP contribution in [0.15, 0.2) is 12.3 Å². The zero-order valence-corrected chi connectivity index (χ0v) is 12.6. The van der Waals surface area contributed by atoms with Gasteiger partial charge in [0.25, 0.3) is 11.6 Å². The minimum absolute atomic E-state index is 0.0298. The predicted octanol–water partition coefficient (Wildman–Crippen LogP) is 1.58. The first-order chi connectivity index (χ1) is 9.80. The molecule has 116 valence electrons. The topological polar surface area (TPSA) is 106 Å². The summed E-state index contributed by atoms with van der Waals surface area (Å²) in [6, 6.07) is 1.37. The molecule has 1 heterocycles. The number of amides is 1. The van der Waals surface area contributed by atoms with Crippen LogP contribution in [-0.4, -0.2) is 41.6 Å². The third-order valence-electron chi connectivity index (χ3n) is 2.91. The first-order valence-corrected chi connectivity index (χ1v) is 6.52. The lowest BCUT2D eigenvalue weighted by molar-refractivity contribution is -0.385. The lowest BCUT2D eigenvalue weighted by Gasteiger charge is -2.23. The van der Waals surface area contributed by atoms with E-state index in [4.69, 9.17) is 4.74 Å². The minimum atomic E-state index is -0.626. The first kappa shape index (κ1) is 16.8. The van der Waals surface area contributed by atoms with Crippen LogP contribution in [0.5, 0.6) is 0 Å². The molecular formula is C13H20N4O4. The van der Waals surface area contributed by atoms with Crippen LogP contribution in [-0.2, 0) is 4.74 Å². The van der Waals surface area contributed by atoms with Crippen LogP contribution in [0.3, 0.4) is 0 Å². The van der Waals surface area contributed by atoms with Crippen molar-refractivity contribution in [2.45, 2.75) is 26.4 Å². The van der Waals surface area contributed by atoms with E-state index in [1.807, 2.05) is 6.92 Å². The number of anilines is 1. The number of rotatable bonds is 7. The summed E-state index contributed by atoms with van der Waals surface area (Å²) in [7, 11) is 1.53. The average molecular weight is 296 g/mol. The average Bonchev–Trinajstić information content (AvgIpc) is 2.45. The van der Waals surface area contributed by atoms with Crippen molar-refractivity contribution in [2.24, 2.45) is 0 Å². The number of pyridine rings is 1. The highest BCUT2D eigenvalue weighted by Gasteiger charge is 2.24. The monoisotopic (exact) mass is 296 g/mol. The highest BCUT2D eigenvalue weighted by atomic mass is 16.6. The molecule has 0 saturated heterocycles. The number of aromatic nitrogens is 1. The summed E-state index contributed by atoms with van der Waals surface area (Å²) < 4.78 is 5.19. The van der Waals surface area contributed by atoms with Gasteiger partial charge in [-0.2, -0.15) is 0 Å². The highest BCUT2D eigenvalue weighted by molar-refractivity contribution is 5.98. The predicted molar refractivity (Wildman–Crippen MR) is 78.5 cm³/mol. The Kier molecular flexibility index (Phi) is 5.60. The van der Waals surface area contributed by atoms with Crippen LogP contribution >= 0.6 is 0 Å².